The third-order valence-electron chi connectivity index (χ3n) is 3.80. The molecule has 0 radical (unpaired) electrons. The quantitative estimate of drug-likeness (QED) is 0.890. The Morgan fingerprint density at radius 2 is 2.11 bits per heavy atom. The molecule has 2 atom stereocenters. The molecule has 1 heterocycles. The zero-order chi connectivity index (χ0) is 14.0. The molecular formula is C15H23FN2O. The molecule has 1 aliphatic heterocycles. The molecule has 1 aliphatic rings. The van der Waals surface area contributed by atoms with Gasteiger partial charge in [-0.15, -0.1) is 0 Å². The second-order valence-electron chi connectivity index (χ2n) is 5.51. The average Bonchev–Trinajstić information content (AvgIpc) is 2.49. The molecule has 0 aliphatic carbocycles. The van der Waals surface area contributed by atoms with E-state index in [1.54, 1.807) is 13.0 Å². The van der Waals surface area contributed by atoms with Crippen LogP contribution in [0.2, 0.25) is 0 Å². The predicted molar refractivity (Wildman–Crippen MR) is 76.0 cm³/mol. The zero-order valence-electron chi connectivity index (χ0n) is 11.9. The molecule has 0 bridgehead atoms. The average molecular weight is 266 g/mol. The van der Waals surface area contributed by atoms with Gasteiger partial charge in [0.05, 0.1) is 6.10 Å². The summed E-state index contributed by atoms with van der Waals surface area (Å²) in [6.07, 6.45) is 0.265. The lowest BCUT2D eigenvalue weighted by Crippen LogP contribution is -2.38. The molecule has 1 fully saturated rings. The molecule has 1 aromatic carbocycles. The number of anilines is 1. The van der Waals surface area contributed by atoms with E-state index in [4.69, 9.17) is 0 Å². The van der Waals surface area contributed by atoms with Crippen molar-refractivity contribution in [2.75, 3.05) is 31.6 Å². The summed E-state index contributed by atoms with van der Waals surface area (Å²) in [5, 5.41) is 9.85. The molecule has 1 saturated heterocycles. The minimum atomic E-state index is -0.788. The lowest BCUT2D eigenvalue weighted by Gasteiger charge is -2.32. The lowest BCUT2D eigenvalue weighted by atomic mass is 10.0. The number of aliphatic hydroxyl groups excluding tert-OH is 1. The predicted octanol–water partition coefficient (Wildman–Crippen LogP) is 2.41. The summed E-state index contributed by atoms with van der Waals surface area (Å²) in [6.45, 7) is 6.68. The van der Waals surface area contributed by atoms with E-state index in [0.717, 1.165) is 31.7 Å². The summed E-state index contributed by atoms with van der Waals surface area (Å²) in [5.74, 6) is -0.322. The van der Waals surface area contributed by atoms with E-state index < -0.39 is 6.10 Å². The first-order valence-corrected chi connectivity index (χ1v) is 6.92. The van der Waals surface area contributed by atoms with Gasteiger partial charge in [-0.1, -0.05) is 6.07 Å². The fraction of sp³-hybridized carbons (Fsp3) is 0.600. The van der Waals surface area contributed by atoms with Gasteiger partial charge < -0.3 is 14.9 Å². The molecule has 0 saturated carbocycles. The normalized spacial score (nSPS) is 23.2. The maximum absolute atomic E-state index is 14.0. The van der Waals surface area contributed by atoms with Crippen LogP contribution in [0.25, 0.3) is 0 Å². The second kappa shape index (κ2) is 5.88. The van der Waals surface area contributed by atoms with Gasteiger partial charge in [-0.05, 0) is 46.0 Å². The number of halogens is 1. The van der Waals surface area contributed by atoms with Gasteiger partial charge in [0, 0.05) is 30.4 Å². The van der Waals surface area contributed by atoms with Crippen molar-refractivity contribution < 1.29 is 9.50 Å². The number of hydrogen-bond acceptors (Lipinski definition) is 3. The summed E-state index contributed by atoms with van der Waals surface area (Å²) in [6, 6.07) is 5.36. The van der Waals surface area contributed by atoms with Crippen LogP contribution < -0.4 is 4.90 Å². The molecule has 0 amide bonds. The van der Waals surface area contributed by atoms with Crippen LogP contribution in [0.1, 0.15) is 31.9 Å². The van der Waals surface area contributed by atoms with Crippen LogP contribution >= 0.6 is 0 Å². The number of benzene rings is 1. The summed E-state index contributed by atoms with van der Waals surface area (Å²) in [7, 11) is 2.11. The lowest BCUT2D eigenvalue weighted by molar-refractivity contribution is 0.194. The molecule has 0 aromatic heterocycles. The van der Waals surface area contributed by atoms with E-state index in [9.17, 15) is 9.50 Å². The highest BCUT2D eigenvalue weighted by Gasteiger charge is 2.24. The molecule has 0 spiro atoms. The summed E-state index contributed by atoms with van der Waals surface area (Å²) >= 11 is 0. The first-order valence-electron chi connectivity index (χ1n) is 6.92. The number of aliphatic hydroxyl groups is 1. The SMILES string of the molecule is CC1CN(C)CCCN1c1cccc(F)c1[C@@H](C)O. The van der Waals surface area contributed by atoms with Gasteiger partial charge in [0.2, 0.25) is 0 Å². The topological polar surface area (TPSA) is 26.7 Å². The standard InChI is InChI=1S/C15H23FN2O/c1-11-10-17(3)8-5-9-18(11)14-7-4-6-13(16)15(14)12(2)19/h4,6-7,11-12,19H,5,8-10H2,1-3H3/t11?,12-/m1/s1. The first-order chi connectivity index (χ1) is 9.00. The molecule has 19 heavy (non-hydrogen) atoms. The van der Waals surface area contributed by atoms with Crippen molar-refractivity contribution in [1.29, 1.82) is 0 Å². The van der Waals surface area contributed by atoms with Crippen LogP contribution in [0.4, 0.5) is 10.1 Å². The third kappa shape index (κ3) is 3.07. The van der Waals surface area contributed by atoms with Crippen LogP contribution in [0.3, 0.4) is 0 Å². The summed E-state index contributed by atoms with van der Waals surface area (Å²) < 4.78 is 14.0. The van der Waals surface area contributed by atoms with Crippen LogP contribution in [-0.2, 0) is 0 Å². The Bertz CT molecular complexity index is 436. The maximum Gasteiger partial charge on any atom is 0.131 e. The Hall–Kier alpha value is -1.13. The van der Waals surface area contributed by atoms with Crippen LogP contribution in [-0.4, -0.2) is 42.7 Å². The number of nitrogens with zero attached hydrogens (tertiary/aromatic N) is 2. The molecular weight excluding hydrogens is 243 g/mol. The highest BCUT2D eigenvalue weighted by molar-refractivity contribution is 5.56. The van der Waals surface area contributed by atoms with Crippen LogP contribution in [0.15, 0.2) is 18.2 Å². The highest BCUT2D eigenvalue weighted by Crippen LogP contribution is 2.31. The summed E-state index contributed by atoms with van der Waals surface area (Å²) in [5.41, 5.74) is 1.25. The molecule has 3 nitrogen and oxygen atoms in total. The number of hydrogen-bond donors (Lipinski definition) is 1. The van der Waals surface area contributed by atoms with Gasteiger partial charge in [-0.25, -0.2) is 4.39 Å². The van der Waals surface area contributed by atoms with E-state index in [1.165, 1.54) is 6.07 Å². The molecule has 106 valence electrons. The fourth-order valence-electron chi connectivity index (χ4n) is 2.92. The number of rotatable bonds is 2. The second-order valence-corrected chi connectivity index (χ2v) is 5.51. The van der Waals surface area contributed by atoms with Gasteiger partial charge in [-0.3, -0.25) is 0 Å². The van der Waals surface area contributed by atoms with Crippen LogP contribution in [0.5, 0.6) is 0 Å². The van der Waals surface area contributed by atoms with Gasteiger partial charge in [-0.2, -0.15) is 0 Å². The third-order valence-corrected chi connectivity index (χ3v) is 3.80. The first kappa shape index (κ1) is 14.3. The van der Waals surface area contributed by atoms with Crippen molar-refractivity contribution in [2.24, 2.45) is 0 Å². The maximum atomic E-state index is 14.0. The van der Waals surface area contributed by atoms with Gasteiger partial charge in [0.1, 0.15) is 5.82 Å². The highest BCUT2D eigenvalue weighted by atomic mass is 19.1. The van der Waals surface area contributed by atoms with E-state index >= 15 is 0 Å². The largest absolute Gasteiger partial charge is 0.389 e. The summed E-state index contributed by atoms with van der Waals surface area (Å²) in [4.78, 5) is 4.51. The van der Waals surface area contributed by atoms with E-state index in [1.807, 2.05) is 6.07 Å². The molecule has 1 unspecified atom stereocenters. The molecule has 1 aromatic rings. The minimum Gasteiger partial charge on any atom is -0.389 e. The molecule has 1 N–H and O–H groups in total. The Kier molecular flexibility index (Phi) is 4.42. The van der Waals surface area contributed by atoms with Crippen molar-refractivity contribution in [3.05, 3.63) is 29.6 Å². The molecule has 4 heteroatoms. The molecule has 2 rings (SSSR count). The van der Waals surface area contributed by atoms with Crippen molar-refractivity contribution in [3.8, 4) is 0 Å². The van der Waals surface area contributed by atoms with Crippen molar-refractivity contribution in [1.82, 2.24) is 4.90 Å². The minimum absolute atomic E-state index is 0.312. The van der Waals surface area contributed by atoms with Crippen molar-refractivity contribution in [3.63, 3.8) is 0 Å². The van der Waals surface area contributed by atoms with Gasteiger partial charge in [0.25, 0.3) is 0 Å². The fourth-order valence-corrected chi connectivity index (χ4v) is 2.92. The smallest absolute Gasteiger partial charge is 0.131 e. The Balaban J connectivity index is 2.37. The Labute approximate surface area is 114 Å². The van der Waals surface area contributed by atoms with Crippen molar-refractivity contribution >= 4 is 5.69 Å². The van der Waals surface area contributed by atoms with E-state index in [0.29, 0.717) is 11.6 Å². The van der Waals surface area contributed by atoms with Gasteiger partial charge >= 0.3 is 0 Å². The Morgan fingerprint density at radius 1 is 1.37 bits per heavy atom. The van der Waals surface area contributed by atoms with Gasteiger partial charge in [0.15, 0.2) is 0 Å². The van der Waals surface area contributed by atoms with Crippen LogP contribution in [0, 0.1) is 5.82 Å². The van der Waals surface area contributed by atoms with E-state index in [-0.39, 0.29) is 5.82 Å². The number of likely N-dealkylation sites (N-methyl/N-ethyl adjacent to an activating group) is 1. The monoisotopic (exact) mass is 266 g/mol. The Morgan fingerprint density at radius 3 is 2.79 bits per heavy atom. The zero-order valence-corrected chi connectivity index (χ0v) is 11.9. The van der Waals surface area contributed by atoms with Crippen molar-refractivity contribution in [2.45, 2.75) is 32.4 Å². The van der Waals surface area contributed by atoms with E-state index in [2.05, 4.69) is 23.8 Å².